The van der Waals surface area contributed by atoms with Gasteiger partial charge in [-0.2, -0.15) is 0 Å². The minimum absolute atomic E-state index is 0.0545. The molecule has 0 unspecified atom stereocenters. The summed E-state index contributed by atoms with van der Waals surface area (Å²) in [7, 11) is 0. The van der Waals surface area contributed by atoms with Crippen LogP contribution in [0.15, 0.2) is 48.8 Å². The van der Waals surface area contributed by atoms with Crippen molar-refractivity contribution < 1.29 is 24.2 Å². The normalized spacial score (nSPS) is 9.74. The molecule has 0 bridgehead atoms. The van der Waals surface area contributed by atoms with Crippen LogP contribution in [0.3, 0.4) is 0 Å². The predicted molar refractivity (Wildman–Crippen MR) is 78.7 cm³/mol. The fourth-order valence-corrected chi connectivity index (χ4v) is 1.65. The van der Waals surface area contributed by atoms with E-state index in [9.17, 15) is 14.4 Å². The number of carboxylic acid groups (broad SMARTS) is 1. The van der Waals surface area contributed by atoms with Gasteiger partial charge in [-0.25, -0.2) is 4.79 Å². The number of carbonyl (C=O) groups excluding carboxylic acids is 2. The number of para-hydroxylation sites is 1. The van der Waals surface area contributed by atoms with Gasteiger partial charge in [-0.3, -0.25) is 25.4 Å². The number of hydrazine groups is 1. The number of aromatic nitrogens is 1. The molecule has 2 rings (SSSR count). The van der Waals surface area contributed by atoms with Crippen LogP contribution in [0.5, 0.6) is 5.75 Å². The van der Waals surface area contributed by atoms with Crippen molar-refractivity contribution in [3.8, 4) is 5.75 Å². The zero-order valence-electron chi connectivity index (χ0n) is 11.9. The Morgan fingerprint density at radius 2 is 1.74 bits per heavy atom. The number of pyridine rings is 1. The molecule has 0 aliphatic rings. The van der Waals surface area contributed by atoms with Crippen molar-refractivity contribution >= 4 is 17.8 Å². The minimum atomic E-state index is -1.16. The second-order valence-corrected chi connectivity index (χ2v) is 4.33. The van der Waals surface area contributed by atoms with Crippen LogP contribution in [0, 0.1) is 0 Å². The van der Waals surface area contributed by atoms with Gasteiger partial charge in [0.2, 0.25) is 0 Å². The summed E-state index contributed by atoms with van der Waals surface area (Å²) in [6, 6.07) is 8.91. The van der Waals surface area contributed by atoms with Crippen LogP contribution in [0.1, 0.15) is 20.7 Å². The molecule has 8 heteroatoms. The molecule has 2 aromatic rings. The number of nitrogens with zero attached hydrogens (tertiary/aromatic N) is 1. The largest absolute Gasteiger partial charge is 0.483 e. The Hall–Kier alpha value is -3.42. The smallest absolute Gasteiger partial charge is 0.339 e. The van der Waals surface area contributed by atoms with Crippen molar-refractivity contribution in [2.24, 2.45) is 0 Å². The van der Waals surface area contributed by atoms with Crippen molar-refractivity contribution in [1.82, 2.24) is 15.8 Å². The van der Waals surface area contributed by atoms with Crippen LogP contribution in [-0.4, -0.2) is 34.5 Å². The number of amides is 2. The molecule has 0 radical (unpaired) electrons. The highest BCUT2D eigenvalue weighted by Crippen LogP contribution is 2.17. The molecule has 0 atom stereocenters. The number of rotatable bonds is 5. The lowest BCUT2D eigenvalue weighted by Gasteiger charge is -2.10. The predicted octanol–water partition coefficient (Wildman–Crippen LogP) is 0.620. The van der Waals surface area contributed by atoms with Crippen molar-refractivity contribution in [1.29, 1.82) is 0 Å². The maximum absolute atomic E-state index is 11.7. The number of ether oxygens (including phenoxy) is 1. The molecule has 0 fully saturated rings. The lowest BCUT2D eigenvalue weighted by atomic mass is 10.2. The average molecular weight is 315 g/mol. The Labute approximate surface area is 131 Å². The van der Waals surface area contributed by atoms with Gasteiger partial charge < -0.3 is 9.84 Å². The second-order valence-electron chi connectivity index (χ2n) is 4.33. The van der Waals surface area contributed by atoms with Gasteiger partial charge in [0.05, 0.1) is 0 Å². The Balaban J connectivity index is 1.84. The molecule has 1 aromatic carbocycles. The molecule has 0 aliphatic carbocycles. The number of hydrogen-bond donors (Lipinski definition) is 3. The van der Waals surface area contributed by atoms with Gasteiger partial charge in [-0.1, -0.05) is 12.1 Å². The SMILES string of the molecule is O=C(COc1ccccc1C(=O)O)NNC(=O)c1ccncc1. The van der Waals surface area contributed by atoms with E-state index in [0.29, 0.717) is 5.56 Å². The van der Waals surface area contributed by atoms with Crippen molar-refractivity contribution in [3.63, 3.8) is 0 Å². The fraction of sp³-hybridized carbons (Fsp3) is 0.0667. The molecule has 118 valence electrons. The van der Waals surface area contributed by atoms with E-state index < -0.39 is 24.4 Å². The van der Waals surface area contributed by atoms with E-state index in [1.807, 2.05) is 0 Å². The van der Waals surface area contributed by atoms with Gasteiger partial charge >= 0.3 is 5.97 Å². The Bertz CT molecular complexity index is 718. The Morgan fingerprint density at radius 1 is 1.04 bits per heavy atom. The Morgan fingerprint density at radius 3 is 2.43 bits per heavy atom. The molecule has 23 heavy (non-hydrogen) atoms. The molecule has 0 saturated heterocycles. The summed E-state index contributed by atoms with van der Waals surface area (Å²) in [6.45, 7) is -0.444. The molecule has 0 aliphatic heterocycles. The minimum Gasteiger partial charge on any atom is -0.483 e. The van der Waals surface area contributed by atoms with Gasteiger partial charge in [0.25, 0.3) is 11.8 Å². The summed E-state index contributed by atoms with van der Waals surface area (Å²) < 4.78 is 5.14. The summed E-state index contributed by atoms with van der Waals surface area (Å²) in [5.41, 5.74) is 4.65. The monoisotopic (exact) mass is 315 g/mol. The number of carboxylic acids is 1. The van der Waals surface area contributed by atoms with Crippen LogP contribution < -0.4 is 15.6 Å². The highest BCUT2D eigenvalue weighted by Gasteiger charge is 2.12. The third-order valence-corrected chi connectivity index (χ3v) is 2.73. The maximum Gasteiger partial charge on any atom is 0.339 e. The third kappa shape index (κ3) is 4.53. The number of nitrogens with one attached hydrogen (secondary N) is 2. The van der Waals surface area contributed by atoms with Crippen molar-refractivity contribution in [2.75, 3.05) is 6.61 Å². The van der Waals surface area contributed by atoms with Crippen LogP contribution >= 0.6 is 0 Å². The molecule has 0 saturated carbocycles. The van der Waals surface area contributed by atoms with Gasteiger partial charge in [0, 0.05) is 18.0 Å². The first-order chi connectivity index (χ1) is 11.1. The maximum atomic E-state index is 11.7. The van der Waals surface area contributed by atoms with E-state index in [4.69, 9.17) is 9.84 Å². The van der Waals surface area contributed by atoms with E-state index in [1.165, 1.54) is 36.7 Å². The summed E-state index contributed by atoms with van der Waals surface area (Å²) in [5, 5.41) is 8.99. The molecular weight excluding hydrogens is 302 g/mol. The van der Waals surface area contributed by atoms with E-state index in [-0.39, 0.29) is 11.3 Å². The van der Waals surface area contributed by atoms with Gasteiger partial charge in [0.15, 0.2) is 6.61 Å². The molecule has 1 aromatic heterocycles. The molecular formula is C15H13N3O5. The second kappa shape index (κ2) is 7.55. The average Bonchev–Trinajstić information content (AvgIpc) is 2.58. The first kappa shape index (κ1) is 16.0. The first-order valence-electron chi connectivity index (χ1n) is 6.52. The summed E-state index contributed by atoms with van der Waals surface area (Å²) >= 11 is 0. The standard InChI is InChI=1S/C15H13N3O5/c19-13(17-18-14(20)10-5-7-16-8-6-10)9-23-12-4-2-1-3-11(12)15(21)22/h1-8H,9H2,(H,17,19)(H,18,20)(H,21,22). The quantitative estimate of drug-likeness (QED) is 0.696. The zero-order valence-corrected chi connectivity index (χ0v) is 11.9. The van der Waals surface area contributed by atoms with Crippen LogP contribution in [-0.2, 0) is 4.79 Å². The number of benzene rings is 1. The van der Waals surface area contributed by atoms with Crippen LogP contribution in [0.4, 0.5) is 0 Å². The number of hydrogen-bond acceptors (Lipinski definition) is 5. The van der Waals surface area contributed by atoms with Gasteiger partial charge in [-0.15, -0.1) is 0 Å². The molecule has 2 amide bonds. The third-order valence-electron chi connectivity index (χ3n) is 2.73. The first-order valence-corrected chi connectivity index (χ1v) is 6.52. The van der Waals surface area contributed by atoms with E-state index >= 15 is 0 Å². The topological polar surface area (TPSA) is 118 Å². The number of carbonyl (C=O) groups is 3. The van der Waals surface area contributed by atoms with Gasteiger partial charge in [-0.05, 0) is 24.3 Å². The summed E-state index contributed by atoms with van der Waals surface area (Å²) in [5.74, 6) is -2.23. The lowest BCUT2D eigenvalue weighted by Crippen LogP contribution is -2.43. The van der Waals surface area contributed by atoms with E-state index in [1.54, 1.807) is 12.1 Å². The molecule has 3 N–H and O–H groups in total. The molecule has 8 nitrogen and oxygen atoms in total. The van der Waals surface area contributed by atoms with Crippen molar-refractivity contribution in [2.45, 2.75) is 0 Å². The van der Waals surface area contributed by atoms with Crippen molar-refractivity contribution in [3.05, 3.63) is 59.9 Å². The fourth-order valence-electron chi connectivity index (χ4n) is 1.65. The lowest BCUT2D eigenvalue weighted by molar-refractivity contribution is -0.123. The van der Waals surface area contributed by atoms with Crippen LogP contribution in [0.2, 0.25) is 0 Å². The highest BCUT2D eigenvalue weighted by atomic mass is 16.5. The van der Waals surface area contributed by atoms with Crippen LogP contribution in [0.25, 0.3) is 0 Å². The van der Waals surface area contributed by atoms with E-state index in [2.05, 4.69) is 15.8 Å². The van der Waals surface area contributed by atoms with Gasteiger partial charge in [0.1, 0.15) is 11.3 Å². The number of aromatic carboxylic acids is 1. The summed E-state index contributed by atoms with van der Waals surface area (Å²) in [4.78, 5) is 38.1. The zero-order chi connectivity index (χ0) is 16.7. The molecule has 0 spiro atoms. The highest BCUT2D eigenvalue weighted by molar-refractivity contribution is 5.95. The molecule has 1 heterocycles. The van der Waals surface area contributed by atoms with E-state index in [0.717, 1.165) is 0 Å². The Kier molecular flexibility index (Phi) is 5.24. The summed E-state index contributed by atoms with van der Waals surface area (Å²) in [6.07, 6.45) is 2.89.